The van der Waals surface area contributed by atoms with E-state index in [4.69, 9.17) is 21.1 Å². The van der Waals surface area contributed by atoms with Crippen molar-refractivity contribution < 1.29 is 9.47 Å². The van der Waals surface area contributed by atoms with E-state index in [0.717, 1.165) is 35.0 Å². The fraction of sp³-hybridized carbons (Fsp3) is 0.333. The number of aromatic nitrogens is 2. The maximum absolute atomic E-state index is 12.7. The van der Waals surface area contributed by atoms with E-state index in [1.54, 1.807) is 31.6 Å². The van der Waals surface area contributed by atoms with Crippen LogP contribution in [-0.2, 0) is 12.8 Å². The van der Waals surface area contributed by atoms with Crippen LogP contribution in [0.2, 0.25) is 0 Å². The second kappa shape index (κ2) is 7.60. The molecule has 2 heterocycles. The lowest BCUT2D eigenvalue weighted by Gasteiger charge is -2.17. The quantitative estimate of drug-likeness (QED) is 0.659. The molecule has 0 amide bonds. The van der Waals surface area contributed by atoms with Gasteiger partial charge >= 0.3 is 0 Å². The van der Waals surface area contributed by atoms with Gasteiger partial charge in [-0.2, -0.15) is 0 Å². The number of aryl methyl sites for hydroxylation is 1. The van der Waals surface area contributed by atoms with Crippen molar-refractivity contribution in [3.63, 3.8) is 0 Å². The fourth-order valence-corrected chi connectivity index (χ4v) is 5.22. The zero-order valence-electron chi connectivity index (χ0n) is 16.0. The molecule has 0 saturated heterocycles. The lowest BCUT2D eigenvalue weighted by Crippen LogP contribution is -2.14. The Hall–Kier alpha value is -2.31. The van der Waals surface area contributed by atoms with Crippen LogP contribution in [-0.4, -0.2) is 24.2 Å². The van der Waals surface area contributed by atoms with E-state index >= 15 is 0 Å². The number of hydrogen-bond acceptors (Lipinski definition) is 5. The molecule has 1 aliphatic carbocycles. The third-order valence-electron chi connectivity index (χ3n) is 5.09. The van der Waals surface area contributed by atoms with Crippen molar-refractivity contribution in [3.8, 4) is 11.5 Å². The maximum Gasteiger partial charge on any atom is 0.260 e. The van der Waals surface area contributed by atoms with Crippen LogP contribution >= 0.6 is 22.9 Å². The summed E-state index contributed by atoms with van der Waals surface area (Å²) in [6.45, 7) is 2.25. The van der Waals surface area contributed by atoms with Gasteiger partial charge in [-0.15, -0.1) is 11.3 Å². The van der Waals surface area contributed by atoms with Crippen LogP contribution < -0.4 is 15.0 Å². The van der Waals surface area contributed by atoms with Crippen LogP contribution in [0.3, 0.4) is 0 Å². The second-order valence-electron chi connectivity index (χ2n) is 7.05. The number of benzene rings is 1. The number of nitrogens with zero attached hydrogens (tertiary/aromatic N) is 1. The van der Waals surface area contributed by atoms with E-state index < -0.39 is 0 Å². The predicted molar refractivity (Wildman–Crippen MR) is 115 cm³/mol. The Morgan fingerprint density at radius 1 is 1.32 bits per heavy atom. The number of aromatic amines is 1. The van der Waals surface area contributed by atoms with Crippen molar-refractivity contribution in [2.24, 2.45) is 5.92 Å². The van der Waals surface area contributed by atoms with Gasteiger partial charge in [0.05, 0.1) is 24.6 Å². The van der Waals surface area contributed by atoms with Gasteiger partial charge in [-0.1, -0.05) is 24.6 Å². The molecule has 28 heavy (non-hydrogen) atoms. The van der Waals surface area contributed by atoms with Gasteiger partial charge in [0.1, 0.15) is 4.83 Å². The van der Waals surface area contributed by atoms with Crippen molar-refractivity contribution in [1.29, 1.82) is 0 Å². The van der Waals surface area contributed by atoms with Crippen LogP contribution in [0.4, 0.5) is 0 Å². The van der Waals surface area contributed by atoms with Crippen LogP contribution in [0.5, 0.6) is 11.5 Å². The Morgan fingerprint density at radius 2 is 2.11 bits per heavy atom. The molecule has 4 rings (SSSR count). The molecule has 146 valence electrons. The topological polar surface area (TPSA) is 64.2 Å². The number of nitrogens with one attached hydrogen (secondary N) is 1. The molecule has 1 atom stereocenters. The summed E-state index contributed by atoms with van der Waals surface area (Å²) in [5.74, 6) is 2.27. The minimum absolute atomic E-state index is 0.120. The molecule has 0 aliphatic heterocycles. The van der Waals surface area contributed by atoms with Crippen molar-refractivity contribution in [1.82, 2.24) is 9.97 Å². The SMILES string of the molecule is COc1ccc(/C=C(\Cl)c2nc3sc4c(c3c(=O)[nH]2)CC[C@H](C)C4)cc1OC. The van der Waals surface area contributed by atoms with Gasteiger partial charge < -0.3 is 14.5 Å². The maximum atomic E-state index is 12.7. The van der Waals surface area contributed by atoms with Crippen LogP contribution in [0, 0.1) is 5.92 Å². The standard InChI is InChI=1S/C21H21ClN2O3S/c1-11-4-6-13-17(8-11)28-21-18(13)20(25)23-19(24-21)14(22)9-12-5-7-15(26-2)16(10-12)27-3/h5,7,9-11H,4,6,8H2,1-3H3,(H,23,24,25)/b14-9-/t11-/m0/s1. The minimum Gasteiger partial charge on any atom is -0.493 e. The van der Waals surface area contributed by atoms with Crippen molar-refractivity contribution in [2.75, 3.05) is 14.2 Å². The zero-order valence-corrected chi connectivity index (χ0v) is 17.5. The number of H-pyrrole nitrogens is 1. The predicted octanol–water partition coefficient (Wildman–Crippen LogP) is 4.86. The molecule has 2 aromatic heterocycles. The largest absolute Gasteiger partial charge is 0.493 e. The molecular weight excluding hydrogens is 396 g/mol. The lowest BCUT2D eigenvalue weighted by molar-refractivity contribution is 0.355. The molecule has 1 aliphatic rings. The Kier molecular flexibility index (Phi) is 5.17. The highest BCUT2D eigenvalue weighted by molar-refractivity contribution is 7.18. The average Bonchev–Trinajstić information content (AvgIpc) is 3.05. The normalized spacial score (nSPS) is 16.9. The van der Waals surface area contributed by atoms with Crippen LogP contribution in [0.25, 0.3) is 21.3 Å². The summed E-state index contributed by atoms with van der Waals surface area (Å²) in [7, 11) is 3.17. The summed E-state index contributed by atoms with van der Waals surface area (Å²) in [5.41, 5.74) is 1.87. The summed E-state index contributed by atoms with van der Waals surface area (Å²) >= 11 is 8.11. The monoisotopic (exact) mass is 416 g/mol. The summed E-state index contributed by atoms with van der Waals surface area (Å²) in [6, 6.07) is 5.50. The molecule has 5 nitrogen and oxygen atoms in total. The van der Waals surface area contributed by atoms with Crippen molar-refractivity contribution in [2.45, 2.75) is 26.2 Å². The molecule has 0 bridgehead atoms. The molecule has 0 spiro atoms. The average molecular weight is 417 g/mol. The Bertz CT molecular complexity index is 1130. The minimum atomic E-state index is -0.120. The molecule has 0 unspecified atom stereocenters. The van der Waals surface area contributed by atoms with E-state index in [0.29, 0.717) is 28.3 Å². The smallest absolute Gasteiger partial charge is 0.260 e. The first kappa shape index (κ1) is 19.0. The second-order valence-corrected chi connectivity index (χ2v) is 8.54. The number of halogens is 1. The summed E-state index contributed by atoms with van der Waals surface area (Å²) in [5, 5.41) is 1.09. The highest BCUT2D eigenvalue weighted by atomic mass is 35.5. The Morgan fingerprint density at radius 3 is 2.86 bits per heavy atom. The van der Waals surface area contributed by atoms with E-state index in [2.05, 4.69) is 16.9 Å². The van der Waals surface area contributed by atoms with Crippen molar-refractivity contribution >= 4 is 44.3 Å². The lowest BCUT2D eigenvalue weighted by atomic mass is 9.89. The first-order valence-corrected chi connectivity index (χ1v) is 10.3. The van der Waals surface area contributed by atoms with Gasteiger partial charge in [-0.05, 0) is 54.5 Å². The number of rotatable bonds is 4. The highest BCUT2D eigenvalue weighted by Crippen LogP contribution is 2.36. The van der Waals surface area contributed by atoms with Gasteiger partial charge in [0.15, 0.2) is 17.3 Å². The van der Waals surface area contributed by atoms with E-state index in [9.17, 15) is 4.79 Å². The highest BCUT2D eigenvalue weighted by Gasteiger charge is 2.23. The number of fused-ring (bicyclic) bond motifs is 3. The van der Waals surface area contributed by atoms with E-state index in [1.165, 1.54) is 10.4 Å². The number of methoxy groups -OCH3 is 2. The van der Waals surface area contributed by atoms with E-state index in [-0.39, 0.29) is 5.56 Å². The molecule has 0 fully saturated rings. The fourth-order valence-electron chi connectivity index (χ4n) is 3.62. The summed E-state index contributed by atoms with van der Waals surface area (Å²) < 4.78 is 10.6. The van der Waals surface area contributed by atoms with E-state index in [1.807, 2.05) is 18.2 Å². The molecular formula is C21H21ClN2O3S. The van der Waals surface area contributed by atoms with Crippen LogP contribution in [0.15, 0.2) is 23.0 Å². The van der Waals surface area contributed by atoms with Gasteiger partial charge in [0, 0.05) is 4.88 Å². The Labute approximate surface area is 172 Å². The first-order valence-electron chi connectivity index (χ1n) is 9.14. The van der Waals surface area contributed by atoms with Crippen LogP contribution in [0.1, 0.15) is 35.2 Å². The number of ether oxygens (including phenoxy) is 2. The van der Waals surface area contributed by atoms with Gasteiger partial charge in [-0.25, -0.2) is 4.98 Å². The summed E-state index contributed by atoms with van der Waals surface area (Å²) in [4.78, 5) is 22.3. The number of thiophene rings is 1. The van der Waals surface area contributed by atoms with Crippen molar-refractivity contribution in [3.05, 3.63) is 50.4 Å². The number of hydrogen-bond donors (Lipinski definition) is 1. The third kappa shape index (κ3) is 3.42. The zero-order chi connectivity index (χ0) is 19.8. The molecule has 1 N–H and O–H groups in total. The summed E-state index contributed by atoms with van der Waals surface area (Å²) in [6.07, 6.45) is 4.82. The third-order valence-corrected chi connectivity index (χ3v) is 6.53. The molecule has 1 aromatic carbocycles. The molecule has 7 heteroatoms. The van der Waals surface area contributed by atoms with Gasteiger partial charge in [0.2, 0.25) is 0 Å². The molecule has 0 saturated carbocycles. The Balaban J connectivity index is 1.75. The van der Waals surface area contributed by atoms with Gasteiger partial charge in [-0.3, -0.25) is 4.79 Å². The molecule has 3 aromatic rings. The first-order chi connectivity index (χ1) is 13.5. The molecule has 0 radical (unpaired) electrons. The van der Waals surface area contributed by atoms with Gasteiger partial charge in [0.25, 0.3) is 5.56 Å².